The number of likely N-dealkylation sites (N-methyl/N-ethyl adjacent to an activating group) is 2. The number of ether oxygens (including phenoxy) is 2. The fourth-order valence-electron chi connectivity index (χ4n) is 8.53. The third kappa shape index (κ3) is 13.7. The summed E-state index contributed by atoms with van der Waals surface area (Å²) in [5.41, 5.74) is 1.08. The molecule has 2 aromatic rings. The zero-order valence-corrected chi connectivity index (χ0v) is 38.4. The van der Waals surface area contributed by atoms with Gasteiger partial charge in [0.1, 0.15) is 11.0 Å². The fraction of sp³-hybridized carbons (Fsp3) is 0.682. The number of aromatic nitrogens is 1. The van der Waals surface area contributed by atoms with Crippen molar-refractivity contribution in [3.05, 3.63) is 52.5 Å². The van der Waals surface area contributed by atoms with Crippen LogP contribution in [0.15, 0.2) is 41.9 Å². The van der Waals surface area contributed by atoms with Crippen LogP contribution in [0, 0.1) is 23.7 Å². The molecule has 0 unspecified atom stereocenters. The zero-order chi connectivity index (χ0) is 44.7. The number of carbonyl (C=O) groups is 5. The highest BCUT2D eigenvalue weighted by Crippen LogP contribution is 2.30. The number of carboxylic acid groups (broad SMARTS) is 1. The summed E-state index contributed by atoms with van der Waals surface area (Å²) in [6.07, 6.45) is 2.07. The van der Waals surface area contributed by atoms with E-state index in [-0.39, 0.29) is 66.4 Å². The number of thiazole rings is 1. The van der Waals surface area contributed by atoms with Gasteiger partial charge in [-0.3, -0.25) is 24.1 Å². The molecule has 0 spiro atoms. The molecule has 15 nitrogen and oxygen atoms in total. The van der Waals surface area contributed by atoms with E-state index in [1.165, 1.54) is 11.3 Å². The fourth-order valence-corrected chi connectivity index (χ4v) is 9.22. The Morgan fingerprint density at radius 1 is 0.967 bits per heavy atom. The number of methoxy groups -OCH3 is 2. The van der Waals surface area contributed by atoms with Crippen molar-refractivity contribution >= 4 is 41.1 Å². The number of hydrogen-bond donors (Lipinski definition) is 4. The van der Waals surface area contributed by atoms with Crippen LogP contribution >= 0.6 is 11.3 Å². The Bertz CT molecular complexity index is 1650. The third-order valence-electron chi connectivity index (χ3n) is 12.0. The Hall–Kier alpha value is -4.12. The van der Waals surface area contributed by atoms with Gasteiger partial charge in [-0.15, -0.1) is 11.3 Å². The second-order valence-electron chi connectivity index (χ2n) is 16.8. The molecular weight excluding hydrogens is 787 g/mol. The quantitative estimate of drug-likeness (QED) is 0.114. The Kier molecular flexibility index (Phi) is 20.4. The van der Waals surface area contributed by atoms with E-state index in [4.69, 9.17) is 14.6 Å². The minimum atomic E-state index is -1.14. The molecule has 9 atom stereocenters. The van der Waals surface area contributed by atoms with E-state index in [9.17, 15) is 24.0 Å². The van der Waals surface area contributed by atoms with Gasteiger partial charge in [-0.2, -0.15) is 0 Å². The van der Waals surface area contributed by atoms with Gasteiger partial charge in [-0.05, 0) is 49.6 Å². The van der Waals surface area contributed by atoms with Gasteiger partial charge in [0.05, 0.1) is 48.7 Å². The molecule has 1 aliphatic heterocycles. The highest BCUT2D eigenvalue weighted by atomic mass is 32.1. The highest BCUT2D eigenvalue weighted by Gasteiger charge is 2.43. The normalized spacial score (nSPS) is 18.3. The molecule has 2 heterocycles. The highest BCUT2D eigenvalue weighted by molar-refractivity contribution is 7.09. The number of nitrogens with one attached hydrogen (secondary N) is 3. The molecule has 1 aromatic heterocycles. The van der Waals surface area contributed by atoms with Crippen LogP contribution in [0.5, 0.6) is 0 Å². The Morgan fingerprint density at radius 3 is 2.20 bits per heavy atom. The first-order chi connectivity index (χ1) is 28.5. The van der Waals surface area contributed by atoms with Gasteiger partial charge in [-0.25, -0.2) is 9.78 Å². The molecule has 16 heteroatoms. The van der Waals surface area contributed by atoms with E-state index < -0.39 is 42.3 Å². The smallest absolute Gasteiger partial charge is 0.404 e. The van der Waals surface area contributed by atoms with E-state index in [1.54, 1.807) is 44.3 Å². The van der Waals surface area contributed by atoms with Gasteiger partial charge in [-0.1, -0.05) is 85.2 Å². The molecule has 4 N–H and O–H groups in total. The number of likely N-dealkylation sites (tertiary alicyclic amines) is 1. The van der Waals surface area contributed by atoms with Crippen LogP contribution in [0.4, 0.5) is 4.79 Å². The molecule has 336 valence electrons. The van der Waals surface area contributed by atoms with Crippen molar-refractivity contribution < 1.29 is 38.6 Å². The van der Waals surface area contributed by atoms with Crippen LogP contribution < -0.4 is 16.0 Å². The molecule has 0 saturated carbocycles. The number of amides is 5. The van der Waals surface area contributed by atoms with Gasteiger partial charge in [0.2, 0.25) is 23.6 Å². The van der Waals surface area contributed by atoms with Crippen molar-refractivity contribution in [2.24, 2.45) is 23.7 Å². The van der Waals surface area contributed by atoms with Gasteiger partial charge in [0, 0.05) is 52.5 Å². The molecule has 3 rings (SSSR count). The largest absolute Gasteiger partial charge is 0.465 e. The van der Waals surface area contributed by atoms with Crippen molar-refractivity contribution in [1.29, 1.82) is 0 Å². The summed E-state index contributed by atoms with van der Waals surface area (Å²) in [7, 11) is 6.59. The third-order valence-corrected chi connectivity index (χ3v) is 12.8. The standard InChI is InChI=1S/C44H71N7O8S/c1-12-29(6)38(50(9)43(55)36(27(2)3)48-41(54)37(28(4)5)49(8)23-20-46-44(56)57)34(58-10)26-35(52)51-22-16-19-33(51)39(59-11)30(7)40(53)47-32(42-45-21-24-60-42)25-31-17-14-13-15-18-31/h13-15,17-18,21,24,27-30,32-34,36-39,46H,12,16,19-20,22-23,25-26H2,1-11H3,(H,47,53)(H,48,54)(H,56,57)/t29-,30+,32-,33-,34+,36-,37-,38-,39+/m0/s1. The lowest BCUT2D eigenvalue weighted by Gasteiger charge is -2.41. The molecule has 1 aromatic carbocycles. The second kappa shape index (κ2) is 24.4. The van der Waals surface area contributed by atoms with Gasteiger partial charge >= 0.3 is 6.09 Å². The first-order valence-corrected chi connectivity index (χ1v) is 22.2. The number of nitrogens with zero attached hydrogens (tertiary/aromatic N) is 4. The van der Waals surface area contributed by atoms with Crippen molar-refractivity contribution in [3.8, 4) is 0 Å². The average Bonchev–Trinajstić information content (AvgIpc) is 3.93. The molecule has 5 amide bonds. The lowest BCUT2D eigenvalue weighted by atomic mass is 9.89. The topological polar surface area (TPSA) is 183 Å². The predicted molar refractivity (Wildman–Crippen MR) is 233 cm³/mol. The Morgan fingerprint density at radius 2 is 1.65 bits per heavy atom. The minimum Gasteiger partial charge on any atom is -0.465 e. The summed E-state index contributed by atoms with van der Waals surface area (Å²) < 4.78 is 12.1. The number of carbonyl (C=O) groups excluding carboxylic acids is 4. The van der Waals surface area contributed by atoms with E-state index in [0.29, 0.717) is 32.4 Å². The Balaban J connectivity index is 1.78. The molecule has 0 aliphatic carbocycles. The average molecular weight is 858 g/mol. The predicted octanol–water partition coefficient (Wildman–Crippen LogP) is 4.83. The van der Waals surface area contributed by atoms with E-state index in [2.05, 4.69) is 20.9 Å². The second-order valence-corrected chi connectivity index (χ2v) is 17.8. The monoisotopic (exact) mass is 858 g/mol. The number of hydrogen-bond acceptors (Lipinski definition) is 10. The van der Waals surface area contributed by atoms with Gasteiger partial charge < -0.3 is 40.3 Å². The van der Waals surface area contributed by atoms with Crippen molar-refractivity contribution in [2.75, 3.05) is 47.9 Å². The maximum absolute atomic E-state index is 14.4. The summed E-state index contributed by atoms with van der Waals surface area (Å²) in [4.78, 5) is 77.3. The maximum atomic E-state index is 14.4. The Labute approximate surface area is 361 Å². The van der Waals surface area contributed by atoms with E-state index in [0.717, 1.165) is 17.0 Å². The minimum absolute atomic E-state index is 0.00311. The SMILES string of the molecule is CC[C@H](C)[C@@H]([C@@H](CC(=O)N1CCC[C@H]1[C@H](OC)[C@@H](C)C(=O)N[C@@H](Cc1ccccc1)c1nccs1)OC)N(C)C(=O)[C@@H](NC(=O)[C@H](C(C)C)N(C)CCNC(=O)O)C(C)C. The molecule has 1 fully saturated rings. The number of benzene rings is 1. The van der Waals surface area contributed by atoms with Crippen molar-refractivity contribution in [3.63, 3.8) is 0 Å². The summed E-state index contributed by atoms with van der Waals surface area (Å²) >= 11 is 1.49. The molecule has 1 aliphatic rings. The first-order valence-electron chi connectivity index (χ1n) is 21.3. The molecule has 1 saturated heterocycles. The van der Waals surface area contributed by atoms with Gasteiger partial charge in [0.15, 0.2) is 0 Å². The molecule has 0 radical (unpaired) electrons. The van der Waals surface area contributed by atoms with E-state index in [1.807, 2.05) is 89.1 Å². The van der Waals surface area contributed by atoms with Crippen molar-refractivity contribution in [1.82, 2.24) is 35.6 Å². The summed E-state index contributed by atoms with van der Waals surface area (Å²) in [6, 6.07) is 7.31. The van der Waals surface area contributed by atoms with Crippen molar-refractivity contribution in [2.45, 2.75) is 123 Å². The van der Waals surface area contributed by atoms with Crippen LogP contribution in [0.2, 0.25) is 0 Å². The first kappa shape index (κ1) is 50.2. The summed E-state index contributed by atoms with van der Waals surface area (Å²) in [6.45, 7) is 14.4. The van der Waals surface area contributed by atoms with Crippen LogP contribution in [0.1, 0.15) is 90.8 Å². The van der Waals surface area contributed by atoms with Crippen LogP contribution in [0.3, 0.4) is 0 Å². The summed E-state index contributed by atoms with van der Waals surface area (Å²) in [5, 5.41) is 20.3. The van der Waals surface area contributed by atoms with Crippen LogP contribution in [-0.4, -0.2) is 139 Å². The van der Waals surface area contributed by atoms with Crippen LogP contribution in [-0.2, 0) is 35.1 Å². The summed E-state index contributed by atoms with van der Waals surface area (Å²) in [5.74, 6) is -1.98. The van der Waals surface area contributed by atoms with Crippen LogP contribution in [0.25, 0.3) is 0 Å². The maximum Gasteiger partial charge on any atom is 0.404 e. The molecule has 0 bridgehead atoms. The zero-order valence-electron chi connectivity index (χ0n) is 37.6. The van der Waals surface area contributed by atoms with Gasteiger partial charge in [0.25, 0.3) is 0 Å². The lowest BCUT2D eigenvalue weighted by Crippen LogP contribution is -2.60. The molecular formula is C44H71N7O8S. The lowest BCUT2D eigenvalue weighted by molar-refractivity contribution is -0.148. The van der Waals surface area contributed by atoms with E-state index >= 15 is 0 Å². The number of rotatable bonds is 24. The molecule has 60 heavy (non-hydrogen) atoms.